The second kappa shape index (κ2) is 20.3. The molecule has 0 bridgehead atoms. The molecule has 13 heteroatoms. The molecule has 0 spiro atoms. The van der Waals surface area contributed by atoms with Gasteiger partial charge in [0.25, 0.3) is 11.8 Å². The molecule has 2 fully saturated rings. The Labute approximate surface area is 326 Å². The number of carbonyl (C=O) groups is 4. The van der Waals surface area contributed by atoms with Crippen molar-refractivity contribution in [2.75, 3.05) is 26.2 Å². The first-order chi connectivity index (χ1) is 24.5. The molecule has 12 nitrogen and oxygen atoms in total. The molecule has 2 aliphatic carbocycles. The fourth-order valence-corrected chi connectivity index (χ4v) is 4.73. The summed E-state index contributed by atoms with van der Waals surface area (Å²) in [5.41, 5.74) is -0.829. The molecular weight excluding hydrogens is 716 g/mol. The van der Waals surface area contributed by atoms with E-state index in [1.165, 1.54) is 19.6 Å². The van der Waals surface area contributed by atoms with E-state index in [1.807, 2.05) is 51.4 Å². The third-order valence-electron chi connectivity index (χ3n) is 6.79. The molecule has 4 amide bonds. The van der Waals surface area contributed by atoms with Gasteiger partial charge in [-0.2, -0.15) is 0 Å². The van der Waals surface area contributed by atoms with E-state index in [0.29, 0.717) is 0 Å². The molecule has 0 atom stereocenters. The number of guanidine groups is 2. The average Bonchev–Trinajstić information content (AvgIpc) is 3.86. The van der Waals surface area contributed by atoms with Crippen LogP contribution in [0.15, 0.2) is 84.2 Å². The fourth-order valence-electron chi connectivity index (χ4n) is 4.73. The standard InChI is InChI=1S/2C20H24N3O3.Fe/c2*1-6-12-22-17(24)16(14-15-10-8-9-11-15)21-18(22)23(13-7-2)19(25)26-20(3,4)5;/h2*6-11,14H,1-2,12-13H2,3-5H3;/q;;+2/b2*16-14-;. The minimum Gasteiger partial charge on any atom is -0.443 e. The molecule has 0 aromatic heterocycles. The van der Waals surface area contributed by atoms with Crippen LogP contribution in [0, 0.1) is 63.2 Å². The zero-order chi connectivity index (χ0) is 38.6. The van der Waals surface area contributed by atoms with Gasteiger partial charge in [-0.25, -0.2) is 29.4 Å². The van der Waals surface area contributed by atoms with Gasteiger partial charge in [-0.05, 0) is 105 Å². The average molecular weight is 765 g/mol. The number of carbonyl (C=O) groups excluding carboxylic acids is 4. The summed E-state index contributed by atoms with van der Waals surface area (Å²) >= 11 is 0. The zero-order valence-corrected chi connectivity index (χ0v) is 32.3. The molecule has 0 aromatic carbocycles. The fraction of sp³-hybridized carbons (Fsp3) is 0.300. The maximum atomic E-state index is 12.7. The molecule has 0 saturated heterocycles. The van der Waals surface area contributed by atoms with Gasteiger partial charge in [0.1, 0.15) is 22.6 Å². The summed E-state index contributed by atoms with van der Waals surface area (Å²) in [6, 6.07) is 0. The van der Waals surface area contributed by atoms with Crippen molar-refractivity contribution in [1.29, 1.82) is 0 Å². The predicted octanol–water partition coefficient (Wildman–Crippen LogP) is 6.16. The second-order valence-electron chi connectivity index (χ2n) is 13.5. The van der Waals surface area contributed by atoms with Crippen LogP contribution in [0.1, 0.15) is 41.5 Å². The maximum absolute atomic E-state index is 12.7. The predicted molar refractivity (Wildman–Crippen MR) is 202 cm³/mol. The van der Waals surface area contributed by atoms with Crippen LogP contribution in [-0.2, 0) is 36.1 Å². The van der Waals surface area contributed by atoms with Crippen LogP contribution in [0.2, 0.25) is 0 Å². The Morgan fingerprint density at radius 2 is 0.962 bits per heavy atom. The largest absolute Gasteiger partial charge is 2.00 e. The number of rotatable bonds is 10. The minimum atomic E-state index is -0.670. The Balaban J connectivity index is 0.000000360. The summed E-state index contributed by atoms with van der Waals surface area (Å²) in [4.78, 5) is 64.9. The number of aliphatic imine (C=N–C) groups is 2. The van der Waals surface area contributed by atoms with Gasteiger partial charge in [-0.15, -0.1) is 26.3 Å². The van der Waals surface area contributed by atoms with Crippen LogP contribution in [0.25, 0.3) is 0 Å². The first-order valence-corrected chi connectivity index (χ1v) is 16.7. The Bertz CT molecular complexity index is 1390. The maximum Gasteiger partial charge on any atom is 2.00 e. The number of nitrogens with zero attached hydrogens (tertiary/aromatic N) is 6. The van der Waals surface area contributed by atoms with E-state index in [9.17, 15) is 19.2 Å². The van der Waals surface area contributed by atoms with Gasteiger partial charge in [0.15, 0.2) is 0 Å². The van der Waals surface area contributed by atoms with Gasteiger partial charge >= 0.3 is 29.3 Å². The van der Waals surface area contributed by atoms with E-state index in [2.05, 4.69) is 36.3 Å². The first kappa shape index (κ1) is 44.9. The van der Waals surface area contributed by atoms with E-state index >= 15 is 0 Å². The van der Waals surface area contributed by atoms with Crippen LogP contribution >= 0.6 is 0 Å². The Morgan fingerprint density at radius 1 is 0.642 bits per heavy atom. The third kappa shape index (κ3) is 13.0. The second-order valence-corrected chi connectivity index (χ2v) is 13.5. The van der Waals surface area contributed by atoms with Crippen molar-refractivity contribution in [3.05, 3.63) is 137 Å². The molecule has 10 radical (unpaired) electrons. The quantitative estimate of drug-likeness (QED) is 0.149. The van der Waals surface area contributed by atoms with Crippen molar-refractivity contribution < 1.29 is 45.7 Å². The third-order valence-corrected chi connectivity index (χ3v) is 6.79. The van der Waals surface area contributed by atoms with E-state index in [4.69, 9.17) is 9.47 Å². The molecule has 2 aliphatic heterocycles. The van der Waals surface area contributed by atoms with Gasteiger partial charge in [-0.3, -0.25) is 19.4 Å². The van der Waals surface area contributed by atoms with Gasteiger partial charge < -0.3 is 9.47 Å². The van der Waals surface area contributed by atoms with Gasteiger partial charge in [-0.1, -0.05) is 24.3 Å². The van der Waals surface area contributed by atoms with Gasteiger partial charge in [0, 0.05) is 38.0 Å². The number of ether oxygens (including phenoxy) is 2. The van der Waals surface area contributed by atoms with Crippen molar-refractivity contribution in [3.63, 3.8) is 0 Å². The molecule has 0 unspecified atom stereocenters. The number of allylic oxidation sites excluding steroid dienone is 2. The molecule has 53 heavy (non-hydrogen) atoms. The van der Waals surface area contributed by atoms with Crippen molar-refractivity contribution in [2.45, 2.75) is 52.7 Å². The summed E-state index contributed by atoms with van der Waals surface area (Å²) in [5.74, 6) is 1.56. The Morgan fingerprint density at radius 3 is 1.23 bits per heavy atom. The van der Waals surface area contributed by atoms with E-state index in [-0.39, 0.29) is 78.4 Å². The molecule has 280 valence electrons. The molecule has 2 heterocycles. The van der Waals surface area contributed by atoms with Crippen LogP contribution in [-0.4, -0.2) is 92.9 Å². The van der Waals surface area contributed by atoms with Gasteiger partial charge in [0.2, 0.25) is 11.9 Å². The molecule has 4 rings (SSSR count). The summed E-state index contributed by atoms with van der Waals surface area (Å²) in [6.07, 6.45) is 23.5. The number of hydrogen-bond acceptors (Lipinski definition) is 8. The molecule has 0 N–H and O–H groups in total. The molecular formula is C40H48FeN6O6+2. The molecule has 4 aliphatic rings. The van der Waals surface area contributed by atoms with Crippen LogP contribution < -0.4 is 0 Å². The van der Waals surface area contributed by atoms with Crippen molar-refractivity contribution in [1.82, 2.24) is 19.6 Å². The van der Waals surface area contributed by atoms with Crippen LogP contribution in [0.3, 0.4) is 0 Å². The Hall–Kier alpha value is -4.22. The smallest absolute Gasteiger partial charge is 0.443 e. The Kier molecular flexibility index (Phi) is 17.2. The molecule has 2 saturated carbocycles. The minimum absolute atomic E-state index is 0. The van der Waals surface area contributed by atoms with Crippen LogP contribution in [0.5, 0.6) is 0 Å². The SMILES string of the molecule is C=CCN(C(=O)OC(C)(C)C)C1=N/C(=C\[C]2[CH][CH][CH][CH]2)C(=O)N1CC=C.C=CCN(C(=O)OC(C)(C)C)C1=N/C(=C\[C]2[CH][CH][CH][CH]2)C(=O)N1CC=C.[Fe+2]. The van der Waals surface area contributed by atoms with Crippen molar-refractivity contribution in [2.24, 2.45) is 9.98 Å². The summed E-state index contributed by atoms with van der Waals surface area (Å²) < 4.78 is 10.9. The zero-order valence-electron chi connectivity index (χ0n) is 31.2. The summed E-state index contributed by atoms with van der Waals surface area (Å²) in [7, 11) is 0. The monoisotopic (exact) mass is 764 g/mol. The molecule has 0 aromatic rings. The van der Waals surface area contributed by atoms with E-state index in [1.54, 1.807) is 78.0 Å². The van der Waals surface area contributed by atoms with Crippen molar-refractivity contribution >= 4 is 35.9 Å². The summed E-state index contributed by atoms with van der Waals surface area (Å²) in [5, 5.41) is 0. The number of amides is 4. The van der Waals surface area contributed by atoms with Crippen LogP contribution in [0.4, 0.5) is 9.59 Å². The van der Waals surface area contributed by atoms with Crippen molar-refractivity contribution in [3.8, 4) is 0 Å². The van der Waals surface area contributed by atoms with Gasteiger partial charge in [0.05, 0.1) is 0 Å². The van der Waals surface area contributed by atoms with E-state index < -0.39 is 23.4 Å². The number of hydrogen-bond donors (Lipinski definition) is 0. The summed E-state index contributed by atoms with van der Waals surface area (Å²) in [6.45, 7) is 26.2. The van der Waals surface area contributed by atoms with E-state index in [0.717, 1.165) is 11.8 Å². The topological polar surface area (TPSA) is 124 Å². The first-order valence-electron chi connectivity index (χ1n) is 16.7. The normalized spacial score (nSPS) is 19.3.